The number of nitrogens with two attached hydrogens (primary N) is 1. The van der Waals surface area contributed by atoms with Gasteiger partial charge in [0.05, 0.1) is 0 Å². The summed E-state index contributed by atoms with van der Waals surface area (Å²) in [5, 5.41) is 0. The first-order chi connectivity index (χ1) is 6.36. The van der Waals surface area contributed by atoms with Gasteiger partial charge in [-0.15, -0.1) is 0 Å². The van der Waals surface area contributed by atoms with Gasteiger partial charge in [0, 0.05) is 30.0 Å². The van der Waals surface area contributed by atoms with Crippen LogP contribution in [0.25, 0.3) is 5.65 Å². The number of fused-ring (bicyclic) bond motifs is 1. The highest BCUT2D eigenvalue weighted by Crippen LogP contribution is 2.38. The van der Waals surface area contributed by atoms with E-state index in [0.29, 0.717) is 12.0 Å². The maximum absolute atomic E-state index is 5.81. The third-order valence-electron chi connectivity index (χ3n) is 2.67. The largest absolute Gasteiger partial charge is 0.327 e. The van der Waals surface area contributed by atoms with Gasteiger partial charge in [0.1, 0.15) is 5.65 Å². The maximum Gasteiger partial charge on any atom is 0.136 e. The van der Waals surface area contributed by atoms with Crippen LogP contribution in [0.2, 0.25) is 0 Å². The average molecular weight is 173 g/mol. The summed E-state index contributed by atoms with van der Waals surface area (Å²) in [5.41, 5.74) is 8.07. The lowest BCUT2D eigenvalue weighted by atomic mass is 10.3. The van der Waals surface area contributed by atoms with Crippen molar-refractivity contribution in [2.45, 2.75) is 18.4 Å². The van der Waals surface area contributed by atoms with E-state index in [1.807, 2.05) is 30.6 Å². The number of nitrogens with zero attached hydrogens (tertiary/aromatic N) is 2. The predicted octanol–water partition coefficient (Wildman–Crippen LogP) is 1.15. The molecule has 2 heterocycles. The quantitative estimate of drug-likeness (QED) is 0.703. The van der Waals surface area contributed by atoms with Crippen LogP contribution in [-0.2, 0) is 0 Å². The predicted molar refractivity (Wildman–Crippen MR) is 50.5 cm³/mol. The molecule has 0 unspecified atom stereocenters. The van der Waals surface area contributed by atoms with E-state index in [1.165, 1.54) is 5.69 Å². The first-order valence-electron chi connectivity index (χ1n) is 4.54. The molecule has 0 radical (unpaired) electrons. The lowest BCUT2D eigenvalue weighted by molar-refractivity contribution is 0.925. The van der Waals surface area contributed by atoms with E-state index in [2.05, 4.69) is 9.38 Å². The van der Waals surface area contributed by atoms with Gasteiger partial charge in [-0.3, -0.25) is 0 Å². The first kappa shape index (κ1) is 7.09. The van der Waals surface area contributed by atoms with Crippen molar-refractivity contribution in [2.75, 3.05) is 0 Å². The molecule has 0 amide bonds. The number of pyridine rings is 1. The third kappa shape index (κ3) is 0.971. The molecule has 1 saturated carbocycles. The van der Waals surface area contributed by atoms with Gasteiger partial charge in [0.15, 0.2) is 0 Å². The molecule has 1 aliphatic carbocycles. The van der Waals surface area contributed by atoms with Crippen LogP contribution in [0.5, 0.6) is 0 Å². The molecule has 1 aliphatic rings. The van der Waals surface area contributed by atoms with Crippen LogP contribution >= 0.6 is 0 Å². The minimum absolute atomic E-state index is 0.347. The Morgan fingerprint density at radius 2 is 2.31 bits per heavy atom. The summed E-state index contributed by atoms with van der Waals surface area (Å²) in [6, 6.07) is 6.38. The molecule has 0 aromatic carbocycles. The van der Waals surface area contributed by atoms with Gasteiger partial charge in [-0.25, -0.2) is 4.98 Å². The fraction of sp³-hybridized carbons (Fsp3) is 0.300. The normalized spacial score (nSPS) is 26.5. The van der Waals surface area contributed by atoms with Gasteiger partial charge in [-0.1, -0.05) is 6.07 Å². The van der Waals surface area contributed by atoms with Gasteiger partial charge in [0.25, 0.3) is 0 Å². The third-order valence-corrected chi connectivity index (χ3v) is 2.67. The highest BCUT2D eigenvalue weighted by molar-refractivity contribution is 5.42. The molecule has 0 spiro atoms. The Morgan fingerprint density at radius 3 is 3.08 bits per heavy atom. The zero-order chi connectivity index (χ0) is 8.84. The Morgan fingerprint density at radius 1 is 1.46 bits per heavy atom. The molecule has 2 atom stereocenters. The summed E-state index contributed by atoms with van der Waals surface area (Å²) < 4.78 is 2.12. The molecule has 3 heteroatoms. The zero-order valence-corrected chi connectivity index (χ0v) is 7.22. The molecule has 0 saturated heterocycles. The molecule has 2 aromatic rings. The highest BCUT2D eigenvalue weighted by Gasteiger charge is 2.36. The molecule has 0 bridgehead atoms. The molecule has 3 nitrogen and oxygen atoms in total. The van der Waals surface area contributed by atoms with Crippen molar-refractivity contribution >= 4 is 5.65 Å². The Balaban J connectivity index is 2.19. The number of rotatable bonds is 1. The van der Waals surface area contributed by atoms with Gasteiger partial charge in [0.2, 0.25) is 0 Å². The van der Waals surface area contributed by atoms with Gasteiger partial charge in [-0.2, -0.15) is 0 Å². The van der Waals surface area contributed by atoms with Crippen molar-refractivity contribution in [2.24, 2.45) is 5.73 Å². The Kier molecular flexibility index (Phi) is 1.27. The lowest BCUT2D eigenvalue weighted by Gasteiger charge is -1.97. The average Bonchev–Trinajstić information content (AvgIpc) is 2.74. The second kappa shape index (κ2) is 2.33. The molecule has 2 aromatic heterocycles. The van der Waals surface area contributed by atoms with Gasteiger partial charge >= 0.3 is 0 Å². The lowest BCUT2D eigenvalue weighted by Crippen LogP contribution is -2.02. The van der Waals surface area contributed by atoms with Gasteiger partial charge < -0.3 is 10.1 Å². The highest BCUT2D eigenvalue weighted by atomic mass is 15.0. The topological polar surface area (TPSA) is 43.3 Å². The summed E-state index contributed by atoms with van der Waals surface area (Å²) >= 11 is 0. The summed E-state index contributed by atoms with van der Waals surface area (Å²) in [7, 11) is 0. The van der Waals surface area contributed by atoms with E-state index in [9.17, 15) is 0 Å². The van der Waals surface area contributed by atoms with E-state index >= 15 is 0 Å². The molecule has 3 rings (SSSR count). The molecule has 66 valence electrons. The van der Waals surface area contributed by atoms with E-state index in [4.69, 9.17) is 5.73 Å². The maximum atomic E-state index is 5.81. The molecule has 13 heavy (non-hydrogen) atoms. The second-order valence-electron chi connectivity index (χ2n) is 3.62. The van der Waals surface area contributed by atoms with E-state index in [0.717, 1.165) is 12.1 Å². The second-order valence-corrected chi connectivity index (χ2v) is 3.62. The summed E-state index contributed by atoms with van der Waals surface area (Å²) in [6.45, 7) is 0. The van der Waals surface area contributed by atoms with E-state index in [1.54, 1.807) is 0 Å². The Labute approximate surface area is 76.2 Å². The monoisotopic (exact) mass is 173 g/mol. The summed E-state index contributed by atoms with van der Waals surface area (Å²) in [5.74, 6) is 0.525. The fourth-order valence-electron chi connectivity index (χ4n) is 1.78. The number of aromatic nitrogens is 2. The smallest absolute Gasteiger partial charge is 0.136 e. The van der Waals surface area contributed by atoms with Crippen molar-refractivity contribution in [3.63, 3.8) is 0 Å². The van der Waals surface area contributed by atoms with Crippen molar-refractivity contribution < 1.29 is 0 Å². The minimum Gasteiger partial charge on any atom is -0.327 e. The SMILES string of the molecule is N[C@@H]1C[C@H]1c1cnc2ccccn12. The van der Waals surface area contributed by atoms with E-state index < -0.39 is 0 Å². The van der Waals surface area contributed by atoms with Crippen LogP contribution in [0.3, 0.4) is 0 Å². The minimum atomic E-state index is 0.347. The summed E-state index contributed by atoms with van der Waals surface area (Å²) in [6.07, 6.45) is 5.08. The molecule has 2 N–H and O–H groups in total. The van der Waals surface area contributed by atoms with Crippen molar-refractivity contribution in [1.29, 1.82) is 0 Å². The summed E-state index contributed by atoms with van der Waals surface area (Å²) in [4.78, 5) is 4.32. The molecular weight excluding hydrogens is 162 g/mol. The van der Waals surface area contributed by atoms with Crippen molar-refractivity contribution in [1.82, 2.24) is 9.38 Å². The Bertz CT molecular complexity index is 446. The Hall–Kier alpha value is -1.35. The van der Waals surface area contributed by atoms with Crippen molar-refractivity contribution in [3.8, 4) is 0 Å². The van der Waals surface area contributed by atoms with Crippen LogP contribution in [0.15, 0.2) is 30.6 Å². The van der Waals surface area contributed by atoms with E-state index in [-0.39, 0.29) is 0 Å². The number of imidazole rings is 1. The molecular formula is C10H11N3. The standard InChI is InChI=1S/C10H11N3/c11-8-5-7(8)9-6-12-10-3-1-2-4-13(9)10/h1-4,6-8H,5,11H2/t7-,8-/m1/s1. The van der Waals surface area contributed by atoms with Crippen molar-refractivity contribution in [3.05, 3.63) is 36.3 Å². The fourth-order valence-corrected chi connectivity index (χ4v) is 1.78. The van der Waals surface area contributed by atoms with Crippen LogP contribution in [-0.4, -0.2) is 15.4 Å². The first-order valence-corrected chi connectivity index (χ1v) is 4.54. The molecule has 1 fully saturated rings. The molecule has 0 aliphatic heterocycles. The van der Waals surface area contributed by atoms with Crippen LogP contribution in [0.4, 0.5) is 0 Å². The van der Waals surface area contributed by atoms with Crippen LogP contribution < -0.4 is 5.73 Å². The van der Waals surface area contributed by atoms with Crippen LogP contribution in [0.1, 0.15) is 18.0 Å². The number of hydrogen-bond acceptors (Lipinski definition) is 2. The van der Waals surface area contributed by atoms with Gasteiger partial charge in [-0.05, 0) is 18.6 Å². The van der Waals surface area contributed by atoms with Crippen LogP contribution in [0, 0.1) is 0 Å². The number of hydrogen-bond donors (Lipinski definition) is 1. The zero-order valence-electron chi connectivity index (χ0n) is 7.22.